The van der Waals surface area contributed by atoms with Crippen molar-refractivity contribution in [2.45, 2.75) is 0 Å². The molecule has 0 saturated carbocycles. The summed E-state index contributed by atoms with van der Waals surface area (Å²) in [5, 5.41) is 4.53. The van der Waals surface area contributed by atoms with Gasteiger partial charge in [0.1, 0.15) is 17.2 Å². The summed E-state index contributed by atoms with van der Waals surface area (Å²) < 4.78 is 5.64. The van der Waals surface area contributed by atoms with Crippen molar-refractivity contribution in [3.63, 3.8) is 0 Å². The second-order valence-corrected chi connectivity index (χ2v) is 5.06. The molecule has 0 aliphatic heterocycles. The Kier molecular flexibility index (Phi) is 4.49. The summed E-state index contributed by atoms with van der Waals surface area (Å²) in [6, 6.07) is 16.0. The molecule has 114 valence electrons. The molecular formula is C17H12ClN3O2. The molecule has 0 bridgehead atoms. The minimum absolute atomic E-state index is 0.297. The van der Waals surface area contributed by atoms with E-state index in [1.54, 1.807) is 42.6 Å². The summed E-state index contributed by atoms with van der Waals surface area (Å²) in [4.78, 5) is 15.7. The van der Waals surface area contributed by atoms with Crippen LogP contribution in [0.25, 0.3) is 11.3 Å². The number of aromatic nitrogens is 1. The summed E-state index contributed by atoms with van der Waals surface area (Å²) in [5.74, 6) is 0.835. The van der Waals surface area contributed by atoms with Crippen LogP contribution in [0.1, 0.15) is 16.2 Å². The van der Waals surface area contributed by atoms with Gasteiger partial charge >= 0.3 is 0 Å². The van der Waals surface area contributed by atoms with Gasteiger partial charge < -0.3 is 4.42 Å². The predicted octanol–water partition coefficient (Wildman–Crippen LogP) is 3.76. The fourth-order valence-electron chi connectivity index (χ4n) is 1.90. The molecule has 3 aromatic rings. The average Bonchev–Trinajstić information content (AvgIpc) is 3.05. The number of hydrogen-bond acceptors (Lipinski definition) is 4. The summed E-state index contributed by atoms with van der Waals surface area (Å²) in [6.45, 7) is 0. The highest BCUT2D eigenvalue weighted by Crippen LogP contribution is 2.23. The zero-order valence-corrected chi connectivity index (χ0v) is 12.7. The molecule has 0 fully saturated rings. The number of carbonyl (C=O) groups excluding carboxylic acids is 1. The molecule has 1 N–H and O–H groups in total. The zero-order valence-electron chi connectivity index (χ0n) is 11.9. The van der Waals surface area contributed by atoms with Gasteiger partial charge in [0, 0.05) is 16.8 Å². The zero-order chi connectivity index (χ0) is 16.1. The number of amides is 1. The Bertz CT molecular complexity index is 827. The van der Waals surface area contributed by atoms with E-state index < -0.39 is 0 Å². The van der Waals surface area contributed by atoms with Crippen molar-refractivity contribution in [1.29, 1.82) is 0 Å². The van der Waals surface area contributed by atoms with Gasteiger partial charge in [0.05, 0.1) is 6.21 Å². The molecule has 0 aliphatic rings. The maximum absolute atomic E-state index is 11.8. The van der Waals surface area contributed by atoms with E-state index in [0.717, 1.165) is 5.56 Å². The Balaban J connectivity index is 1.65. The van der Waals surface area contributed by atoms with Gasteiger partial charge in [0.15, 0.2) is 0 Å². The molecule has 3 rings (SSSR count). The smallest absolute Gasteiger partial charge is 0.289 e. The molecule has 0 aliphatic carbocycles. The fourth-order valence-corrected chi connectivity index (χ4v) is 2.03. The van der Waals surface area contributed by atoms with Gasteiger partial charge in [-0.15, -0.1) is 0 Å². The molecule has 0 saturated heterocycles. The Labute approximate surface area is 137 Å². The van der Waals surface area contributed by atoms with Crippen molar-refractivity contribution in [3.8, 4) is 11.3 Å². The largest absolute Gasteiger partial charge is 0.455 e. The molecule has 2 heterocycles. The first-order valence-corrected chi connectivity index (χ1v) is 7.20. The number of benzene rings is 1. The molecule has 1 aromatic carbocycles. The molecule has 0 atom stereocenters. The Morgan fingerprint density at radius 3 is 2.70 bits per heavy atom. The number of nitrogens with one attached hydrogen (secondary N) is 1. The van der Waals surface area contributed by atoms with Crippen LogP contribution in [-0.2, 0) is 0 Å². The molecule has 23 heavy (non-hydrogen) atoms. The van der Waals surface area contributed by atoms with Gasteiger partial charge in [-0.05, 0) is 48.5 Å². The van der Waals surface area contributed by atoms with Crippen molar-refractivity contribution in [2.75, 3.05) is 0 Å². The lowest BCUT2D eigenvalue weighted by molar-refractivity contribution is 0.0950. The first-order chi connectivity index (χ1) is 11.2. The number of rotatable bonds is 4. The van der Waals surface area contributed by atoms with Gasteiger partial charge in [-0.2, -0.15) is 5.10 Å². The van der Waals surface area contributed by atoms with E-state index >= 15 is 0 Å². The number of halogens is 1. The van der Waals surface area contributed by atoms with Crippen LogP contribution >= 0.6 is 11.6 Å². The number of carbonyl (C=O) groups is 1. The third kappa shape index (κ3) is 3.84. The number of hydrogen-bond donors (Lipinski definition) is 1. The SMILES string of the molecule is O=C(N/N=C\c1ccc(-c2ccc(Cl)cc2)o1)c1ccccn1. The van der Waals surface area contributed by atoms with E-state index in [0.29, 0.717) is 22.2 Å². The molecular weight excluding hydrogens is 314 g/mol. The summed E-state index contributed by atoms with van der Waals surface area (Å²) >= 11 is 5.86. The van der Waals surface area contributed by atoms with E-state index in [1.807, 2.05) is 18.2 Å². The molecule has 1 amide bonds. The van der Waals surface area contributed by atoms with Gasteiger partial charge in [-0.25, -0.2) is 5.43 Å². The third-order valence-corrected chi connectivity index (χ3v) is 3.26. The standard InChI is InChI=1S/C17H12ClN3O2/c18-13-6-4-12(5-7-13)16-9-8-14(23-16)11-20-21-17(22)15-3-1-2-10-19-15/h1-11H,(H,21,22)/b20-11-. The minimum Gasteiger partial charge on any atom is -0.455 e. The van der Waals surface area contributed by atoms with E-state index in [4.69, 9.17) is 16.0 Å². The summed E-state index contributed by atoms with van der Waals surface area (Å²) in [7, 11) is 0. The number of nitrogens with zero attached hydrogens (tertiary/aromatic N) is 2. The van der Waals surface area contributed by atoms with Crippen molar-refractivity contribution in [2.24, 2.45) is 5.10 Å². The molecule has 0 spiro atoms. The van der Waals surface area contributed by atoms with Crippen LogP contribution in [0.4, 0.5) is 0 Å². The number of pyridine rings is 1. The topological polar surface area (TPSA) is 67.5 Å². The van der Waals surface area contributed by atoms with E-state index in [-0.39, 0.29) is 5.91 Å². The Morgan fingerprint density at radius 2 is 1.96 bits per heavy atom. The molecule has 5 nitrogen and oxygen atoms in total. The Morgan fingerprint density at radius 1 is 1.13 bits per heavy atom. The van der Waals surface area contributed by atoms with Crippen LogP contribution in [0.15, 0.2) is 70.3 Å². The maximum atomic E-state index is 11.8. The number of furan rings is 1. The van der Waals surface area contributed by atoms with Gasteiger partial charge in [-0.1, -0.05) is 17.7 Å². The summed E-state index contributed by atoms with van der Waals surface area (Å²) in [5.41, 5.74) is 3.60. The summed E-state index contributed by atoms with van der Waals surface area (Å²) in [6.07, 6.45) is 2.98. The fraction of sp³-hybridized carbons (Fsp3) is 0. The highest BCUT2D eigenvalue weighted by molar-refractivity contribution is 6.30. The predicted molar refractivity (Wildman–Crippen MR) is 88.5 cm³/mol. The number of hydrazone groups is 1. The van der Waals surface area contributed by atoms with Crippen LogP contribution in [0, 0.1) is 0 Å². The highest BCUT2D eigenvalue weighted by atomic mass is 35.5. The lowest BCUT2D eigenvalue weighted by Gasteiger charge is -1.97. The molecule has 6 heteroatoms. The molecule has 0 radical (unpaired) electrons. The second-order valence-electron chi connectivity index (χ2n) is 4.62. The first-order valence-electron chi connectivity index (χ1n) is 6.82. The lowest BCUT2D eigenvalue weighted by atomic mass is 10.2. The normalized spacial score (nSPS) is 10.8. The van der Waals surface area contributed by atoms with E-state index in [9.17, 15) is 4.79 Å². The van der Waals surface area contributed by atoms with Crippen molar-refractivity contribution >= 4 is 23.7 Å². The van der Waals surface area contributed by atoms with Crippen LogP contribution in [0.2, 0.25) is 5.02 Å². The van der Waals surface area contributed by atoms with Gasteiger partial charge in [0.2, 0.25) is 0 Å². The van der Waals surface area contributed by atoms with E-state index in [1.165, 1.54) is 6.21 Å². The van der Waals surface area contributed by atoms with E-state index in [2.05, 4.69) is 15.5 Å². The Hall–Kier alpha value is -2.92. The van der Waals surface area contributed by atoms with Crippen molar-refractivity contribution in [3.05, 3.63) is 77.3 Å². The quantitative estimate of drug-likeness (QED) is 0.586. The van der Waals surface area contributed by atoms with Crippen LogP contribution in [0.5, 0.6) is 0 Å². The van der Waals surface area contributed by atoms with Crippen LogP contribution in [-0.4, -0.2) is 17.1 Å². The monoisotopic (exact) mass is 325 g/mol. The average molecular weight is 326 g/mol. The van der Waals surface area contributed by atoms with Crippen LogP contribution < -0.4 is 5.43 Å². The highest BCUT2D eigenvalue weighted by Gasteiger charge is 2.05. The van der Waals surface area contributed by atoms with Gasteiger partial charge in [0.25, 0.3) is 5.91 Å². The van der Waals surface area contributed by atoms with Crippen molar-refractivity contribution in [1.82, 2.24) is 10.4 Å². The third-order valence-electron chi connectivity index (χ3n) is 3.01. The lowest BCUT2D eigenvalue weighted by Crippen LogP contribution is -2.18. The van der Waals surface area contributed by atoms with Gasteiger partial charge in [-0.3, -0.25) is 9.78 Å². The second kappa shape index (κ2) is 6.89. The van der Waals surface area contributed by atoms with Crippen LogP contribution in [0.3, 0.4) is 0 Å². The van der Waals surface area contributed by atoms with Crippen molar-refractivity contribution < 1.29 is 9.21 Å². The maximum Gasteiger partial charge on any atom is 0.289 e. The molecule has 0 unspecified atom stereocenters. The molecule has 2 aromatic heterocycles. The first kappa shape index (κ1) is 15.0. The minimum atomic E-state index is -0.383.